The highest BCUT2D eigenvalue weighted by molar-refractivity contribution is 6.34. The van der Waals surface area contributed by atoms with Gasteiger partial charge in [-0.15, -0.1) is 6.58 Å². The maximum absolute atomic E-state index is 6.97. The monoisotopic (exact) mass is 480 g/mol. The molecular weight excluding hydrogens is 431 g/mol. The maximum atomic E-state index is 6.97. The van der Waals surface area contributed by atoms with Crippen LogP contribution in [0.2, 0.25) is 0 Å². The second-order valence-electron chi connectivity index (χ2n) is 11.2. The highest BCUT2D eigenvalue weighted by Crippen LogP contribution is 2.38. The van der Waals surface area contributed by atoms with Gasteiger partial charge in [0.2, 0.25) is 0 Å². The zero-order valence-electron chi connectivity index (χ0n) is 23.9. The molecule has 0 heterocycles. The molecular formula is C35H49B. The molecule has 0 fully saturated rings. The molecule has 0 amide bonds. The third-order valence-corrected chi connectivity index (χ3v) is 7.68. The third kappa shape index (κ3) is 8.12. The van der Waals surface area contributed by atoms with Gasteiger partial charge in [-0.05, 0) is 86.0 Å². The standard InChI is InChI=1S/C35H49B/c1-9-16-28(17-10-2)22-27(7)25-35(8,24-26(5)6)33-21-15-19-31(34(33)36)23-30(12-4)32-20-14-13-18-29(32)11-3/h11-12,14-15,19-21,28H,4-5,7,9-10,13,16-18,22-25H2,1-3,6,8H3/b29-11-,32-30+. The van der Waals surface area contributed by atoms with E-state index in [1.165, 1.54) is 64.7 Å². The molecule has 1 heteroatoms. The van der Waals surface area contributed by atoms with Crippen LogP contribution in [0.1, 0.15) is 104 Å². The fraction of sp³-hybridized carbons (Fsp3) is 0.486. The van der Waals surface area contributed by atoms with Crippen LogP contribution >= 0.6 is 0 Å². The highest BCUT2D eigenvalue weighted by Gasteiger charge is 2.30. The van der Waals surface area contributed by atoms with E-state index in [4.69, 9.17) is 7.85 Å². The van der Waals surface area contributed by atoms with Gasteiger partial charge in [-0.25, -0.2) is 0 Å². The van der Waals surface area contributed by atoms with Crippen LogP contribution in [-0.2, 0) is 11.8 Å². The van der Waals surface area contributed by atoms with Gasteiger partial charge >= 0.3 is 0 Å². The van der Waals surface area contributed by atoms with E-state index in [9.17, 15) is 0 Å². The molecule has 1 aliphatic carbocycles. The minimum absolute atomic E-state index is 0.118. The molecule has 1 aromatic carbocycles. The molecule has 0 saturated carbocycles. The van der Waals surface area contributed by atoms with Crippen molar-refractivity contribution in [1.29, 1.82) is 0 Å². The van der Waals surface area contributed by atoms with Gasteiger partial charge in [-0.2, -0.15) is 0 Å². The fourth-order valence-corrected chi connectivity index (χ4v) is 6.19. The van der Waals surface area contributed by atoms with Crippen LogP contribution in [0.4, 0.5) is 0 Å². The second-order valence-corrected chi connectivity index (χ2v) is 11.2. The summed E-state index contributed by atoms with van der Waals surface area (Å²) in [6.45, 7) is 24.2. The maximum Gasteiger partial charge on any atom is 0.114 e. The molecule has 2 radical (unpaired) electrons. The summed E-state index contributed by atoms with van der Waals surface area (Å²) in [7, 11) is 6.97. The van der Waals surface area contributed by atoms with Crippen molar-refractivity contribution >= 4 is 13.3 Å². The Morgan fingerprint density at radius 1 is 1.14 bits per heavy atom. The zero-order valence-corrected chi connectivity index (χ0v) is 23.9. The van der Waals surface area contributed by atoms with E-state index in [-0.39, 0.29) is 5.41 Å². The molecule has 1 unspecified atom stereocenters. The van der Waals surface area contributed by atoms with Crippen molar-refractivity contribution in [3.8, 4) is 0 Å². The van der Waals surface area contributed by atoms with Gasteiger partial charge in [-0.1, -0.05) is 124 Å². The van der Waals surface area contributed by atoms with Gasteiger partial charge in [0.15, 0.2) is 0 Å². The molecule has 0 aliphatic heterocycles. The van der Waals surface area contributed by atoms with Crippen molar-refractivity contribution in [2.45, 2.75) is 104 Å². The normalized spacial score (nSPS) is 17.8. The van der Waals surface area contributed by atoms with E-state index >= 15 is 0 Å². The third-order valence-electron chi connectivity index (χ3n) is 7.68. The van der Waals surface area contributed by atoms with Crippen molar-refractivity contribution in [2.24, 2.45) is 5.92 Å². The minimum Gasteiger partial charge on any atom is -0.100 e. The predicted octanol–water partition coefficient (Wildman–Crippen LogP) is 9.58. The molecule has 0 N–H and O–H groups in total. The Kier molecular flexibility index (Phi) is 12.0. The summed E-state index contributed by atoms with van der Waals surface area (Å²) >= 11 is 0. The van der Waals surface area contributed by atoms with Gasteiger partial charge in [0, 0.05) is 0 Å². The second kappa shape index (κ2) is 14.5. The number of rotatable bonds is 14. The molecule has 1 aromatic rings. The molecule has 0 aromatic heterocycles. The van der Waals surface area contributed by atoms with E-state index in [0.717, 1.165) is 49.9 Å². The largest absolute Gasteiger partial charge is 0.114 e. The first-order valence-corrected chi connectivity index (χ1v) is 14.1. The minimum atomic E-state index is -0.118. The zero-order chi connectivity index (χ0) is 26.7. The quantitative estimate of drug-likeness (QED) is 0.184. The van der Waals surface area contributed by atoms with E-state index in [1.54, 1.807) is 0 Å². The van der Waals surface area contributed by atoms with E-state index < -0.39 is 0 Å². The summed E-state index contributed by atoms with van der Waals surface area (Å²) < 4.78 is 0. The Bertz CT molecular complexity index is 1010. The van der Waals surface area contributed by atoms with Crippen LogP contribution in [0.15, 0.2) is 90.1 Å². The summed E-state index contributed by atoms with van der Waals surface area (Å²) in [5.74, 6) is 0.733. The number of allylic oxidation sites excluding steroid dienone is 9. The van der Waals surface area contributed by atoms with Crippen molar-refractivity contribution in [3.63, 3.8) is 0 Å². The van der Waals surface area contributed by atoms with Crippen LogP contribution in [0.25, 0.3) is 0 Å². The average Bonchev–Trinajstić information content (AvgIpc) is 2.83. The summed E-state index contributed by atoms with van der Waals surface area (Å²) in [6, 6.07) is 6.58. The van der Waals surface area contributed by atoms with Gasteiger partial charge in [0.25, 0.3) is 0 Å². The lowest BCUT2D eigenvalue weighted by Crippen LogP contribution is -2.32. The van der Waals surface area contributed by atoms with E-state index in [0.29, 0.717) is 0 Å². The molecule has 0 nitrogen and oxygen atoms in total. The van der Waals surface area contributed by atoms with Gasteiger partial charge in [0.1, 0.15) is 7.85 Å². The number of hydrogen-bond donors (Lipinski definition) is 0. The van der Waals surface area contributed by atoms with Crippen LogP contribution in [0.5, 0.6) is 0 Å². The number of benzene rings is 1. The van der Waals surface area contributed by atoms with Gasteiger partial charge < -0.3 is 0 Å². The van der Waals surface area contributed by atoms with Crippen molar-refractivity contribution < 1.29 is 0 Å². The molecule has 0 saturated heterocycles. The lowest BCUT2D eigenvalue weighted by Gasteiger charge is -2.35. The van der Waals surface area contributed by atoms with Crippen molar-refractivity contribution in [2.75, 3.05) is 0 Å². The van der Waals surface area contributed by atoms with Crippen molar-refractivity contribution in [3.05, 3.63) is 101 Å². The lowest BCUT2D eigenvalue weighted by atomic mass is 9.66. The first kappa shape index (κ1) is 30.0. The Labute approximate surface area is 224 Å². The van der Waals surface area contributed by atoms with Crippen LogP contribution in [0.3, 0.4) is 0 Å². The molecule has 36 heavy (non-hydrogen) atoms. The molecule has 0 spiro atoms. The number of hydrogen-bond acceptors (Lipinski definition) is 0. The summed E-state index contributed by atoms with van der Waals surface area (Å²) in [5.41, 5.74) is 9.68. The van der Waals surface area contributed by atoms with Crippen molar-refractivity contribution in [1.82, 2.24) is 0 Å². The summed E-state index contributed by atoms with van der Waals surface area (Å²) in [4.78, 5) is 0. The fourth-order valence-electron chi connectivity index (χ4n) is 6.19. The van der Waals surface area contributed by atoms with E-state index in [2.05, 4.69) is 90.8 Å². The molecule has 1 atom stereocenters. The Balaban J connectivity index is 2.43. The first-order valence-electron chi connectivity index (χ1n) is 14.1. The SMILES string of the molecule is [B]c1c(C/C(C=C)=C2\C=CCC\C2=C\C)cccc1C(C)(CC(=C)C)CC(=C)CC(CCC)CCC. The van der Waals surface area contributed by atoms with Crippen LogP contribution in [-0.4, -0.2) is 7.85 Å². The summed E-state index contributed by atoms with van der Waals surface area (Å²) in [5, 5.41) is 0. The molecule has 2 rings (SSSR count). The first-order chi connectivity index (χ1) is 17.2. The van der Waals surface area contributed by atoms with Gasteiger partial charge in [0.05, 0.1) is 0 Å². The molecule has 192 valence electrons. The van der Waals surface area contributed by atoms with E-state index in [1.807, 2.05) is 6.08 Å². The van der Waals surface area contributed by atoms with Gasteiger partial charge in [-0.3, -0.25) is 0 Å². The smallest absolute Gasteiger partial charge is 0.100 e. The van der Waals surface area contributed by atoms with Crippen LogP contribution in [0, 0.1) is 5.92 Å². The molecule has 0 bridgehead atoms. The average molecular weight is 481 g/mol. The summed E-state index contributed by atoms with van der Waals surface area (Å²) in [6.07, 6.45) is 19.8. The lowest BCUT2D eigenvalue weighted by molar-refractivity contribution is 0.404. The highest BCUT2D eigenvalue weighted by atomic mass is 14.3. The Morgan fingerprint density at radius 3 is 2.42 bits per heavy atom. The Morgan fingerprint density at radius 2 is 1.83 bits per heavy atom. The topological polar surface area (TPSA) is 0 Å². The molecule has 1 aliphatic rings. The Hall–Kier alpha value is -2.28. The van der Waals surface area contributed by atoms with Crippen LogP contribution < -0.4 is 5.46 Å². The predicted molar refractivity (Wildman–Crippen MR) is 163 cm³/mol.